The molecule has 0 unspecified atom stereocenters. The molecule has 0 radical (unpaired) electrons. The van der Waals surface area contributed by atoms with Crippen molar-refractivity contribution >= 4 is 23.6 Å². The van der Waals surface area contributed by atoms with Gasteiger partial charge in [-0.2, -0.15) is 0 Å². The fourth-order valence-corrected chi connectivity index (χ4v) is 6.93. The first-order valence-electron chi connectivity index (χ1n) is 16.2. The van der Waals surface area contributed by atoms with Crippen molar-refractivity contribution in [3.05, 3.63) is 72.4 Å². The van der Waals surface area contributed by atoms with Gasteiger partial charge in [-0.15, -0.1) is 0 Å². The fourth-order valence-electron chi connectivity index (χ4n) is 6.93. The molecule has 0 spiro atoms. The number of aromatic nitrogens is 1. The molecule has 46 heavy (non-hydrogen) atoms. The maximum atomic E-state index is 13.0. The summed E-state index contributed by atoms with van der Waals surface area (Å²) in [5.74, 6) is 0.242. The van der Waals surface area contributed by atoms with E-state index in [0.717, 1.165) is 53.6 Å². The van der Waals surface area contributed by atoms with E-state index in [2.05, 4.69) is 16.0 Å². The lowest BCUT2D eigenvalue weighted by Crippen LogP contribution is -2.62. The van der Waals surface area contributed by atoms with Crippen molar-refractivity contribution in [1.29, 1.82) is 0 Å². The highest BCUT2D eigenvalue weighted by atomic mass is 16.6. The lowest BCUT2D eigenvalue weighted by Gasteiger charge is -2.52. The van der Waals surface area contributed by atoms with E-state index in [9.17, 15) is 19.5 Å². The minimum atomic E-state index is -0.887. The van der Waals surface area contributed by atoms with Crippen LogP contribution in [0.25, 0.3) is 22.4 Å². The quantitative estimate of drug-likeness (QED) is 0.220. The van der Waals surface area contributed by atoms with Crippen molar-refractivity contribution in [3.8, 4) is 22.4 Å². The number of aliphatic hydroxyl groups is 1. The predicted octanol–water partition coefficient (Wildman–Crippen LogP) is 6.70. The smallest absolute Gasteiger partial charge is 0.408 e. The molecule has 244 valence electrons. The molecule has 9 heteroatoms. The van der Waals surface area contributed by atoms with Crippen molar-refractivity contribution in [2.24, 2.45) is 5.92 Å². The number of nitrogens with one attached hydrogen (secondary N) is 3. The lowest BCUT2D eigenvalue weighted by atomic mass is 9.62. The largest absolute Gasteiger partial charge is 0.444 e. The summed E-state index contributed by atoms with van der Waals surface area (Å²) in [6.45, 7) is 8.77. The molecule has 0 atom stereocenters. The number of nitrogens with zero attached hydrogens (tertiary/aromatic N) is 1. The van der Waals surface area contributed by atoms with E-state index in [4.69, 9.17) is 9.72 Å². The van der Waals surface area contributed by atoms with Gasteiger partial charge in [0.1, 0.15) is 5.60 Å². The monoisotopic (exact) mass is 626 g/mol. The summed E-state index contributed by atoms with van der Waals surface area (Å²) in [6.07, 6.45) is 5.95. The standard InChI is InChI=1S/C37H46N4O5/c1-24(42)39-29-17-11-25(12-18-29)19-32(43)40-30-20-31(26-9-7-6-8-10-26)33(38-21-30)27-13-15-28(16-14-27)37(22-36(5,45)23-37)41-34(44)46-35(2,3)4/h6-10,13-16,20-21,25,29,45H,11-12,17-19,22-23H2,1-5H3,(H,39,42)(H,40,43)(H,41,44). The SMILES string of the molecule is CC(=O)NC1CCC(CC(=O)Nc2cnc(-c3ccc(C4(NC(=O)OC(C)(C)C)CC(C)(O)C4)cc3)c(-c3ccccc3)c2)CC1. The van der Waals surface area contributed by atoms with Gasteiger partial charge in [0.25, 0.3) is 0 Å². The van der Waals surface area contributed by atoms with Crippen LogP contribution in [0.5, 0.6) is 0 Å². The topological polar surface area (TPSA) is 130 Å². The highest BCUT2D eigenvalue weighted by molar-refractivity contribution is 5.93. The molecular formula is C37H46N4O5. The number of carbonyl (C=O) groups excluding carboxylic acids is 3. The number of hydrogen-bond donors (Lipinski definition) is 4. The normalized spacial score (nSPS) is 24.3. The Balaban J connectivity index is 1.34. The third-order valence-corrected chi connectivity index (χ3v) is 8.80. The number of anilines is 1. The maximum Gasteiger partial charge on any atom is 0.408 e. The second-order valence-corrected chi connectivity index (χ2v) is 14.3. The van der Waals surface area contributed by atoms with Crippen molar-refractivity contribution in [1.82, 2.24) is 15.6 Å². The molecule has 2 aliphatic rings. The van der Waals surface area contributed by atoms with Crippen LogP contribution in [0.2, 0.25) is 0 Å². The molecule has 0 bridgehead atoms. The third kappa shape index (κ3) is 8.31. The van der Waals surface area contributed by atoms with E-state index >= 15 is 0 Å². The van der Waals surface area contributed by atoms with Gasteiger partial charge in [-0.1, -0.05) is 54.6 Å². The number of rotatable bonds is 8. The molecule has 0 aliphatic heterocycles. The van der Waals surface area contributed by atoms with Gasteiger partial charge in [0.2, 0.25) is 11.8 Å². The van der Waals surface area contributed by atoms with E-state index in [1.807, 2.05) is 81.4 Å². The molecule has 1 aromatic heterocycles. The van der Waals surface area contributed by atoms with Crippen molar-refractivity contribution in [3.63, 3.8) is 0 Å². The van der Waals surface area contributed by atoms with E-state index in [1.165, 1.54) is 0 Å². The van der Waals surface area contributed by atoms with Gasteiger partial charge in [0.15, 0.2) is 0 Å². The van der Waals surface area contributed by atoms with Gasteiger partial charge < -0.3 is 25.8 Å². The number of ether oxygens (including phenoxy) is 1. The number of pyridine rings is 1. The second kappa shape index (κ2) is 13.2. The molecule has 3 amide bonds. The van der Waals surface area contributed by atoms with Gasteiger partial charge in [-0.05, 0) is 76.5 Å². The van der Waals surface area contributed by atoms with Crippen LogP contribution >= 0.6 is 0 Å². The van der Waals surface area contributed by atoms with Gasteiger partial charge in [0, 0.05) is 43.4 Å². The molecule has 9 nitrogen and oxygen atoms in total. The molecule has 2 aliphatic carbocycles. The molecule has 5 rings (SSSR count). The molecule has 1 heterocycles. The van der Waals surface area contributed by atoms with Crippen LogP contribution in [-0.4, -0.2) is 45.2 Å². The van der Waals surface area contributed by atoms with Crippen molar-refractivity contribution in [2.45, 2.75) is 102 Å². The molecule has 2 saturated carbocycles. The lowest BCUT2D eigenvalue weighted by molar-refractivity contribution is -0.120. The summed E-state index contributed by atoms with van der Waals surface area (Å²) in [5.41, 5.74) is 2.75. The van der Waals surface area contributed by atoms with E-state index in [0.29, 0.717) is 24.9 Å². The van der Waals surface area contributed by atoms with Crippen LogP contribution in [0.3, 0.4) is 0 Å². The number of hydrogen-bond acceptors (Lipinski definition) is 6. The van der Waals surface area contributed by atoms with Gasteiger partial charge in [-0.25, -0.2) is 4.79 Å². The van der Waals surface area contributed by atoms with Crippen molar-refractivity contribution < 1.29 is 24.2 Å². The molecule has 3 aromatic rings. The Morgan fingerprint density at radius 3 is 2.20 bits per heavy atom. The minimum absolute atomic E-state index is 0.00552. The number of benzene rings is 2. The van der Waals surface area contributed by atoms with Crippen LogP contribution in [0, 0.1) is 5.92 Å². The molecular weight excluding hydrogens is 580 g/mol. The van der Waals surface area contributed by atoms with Gasteiger partial charge >= 0.3 is 6.09 Å². The Hall–Kier alpha value is -4.24. The Kier molecular flexibility index (Phi) is 9.54. The molecule has 0 saturated heterocycles. The highest BCUT2D eigenvalue weighted by Crippen LogP contribution is 2.48. The van der Waals surface area contributed by atoms with E-state index < -0.39 is 22.8 Å². The first kappa shape index (κ1) is 33.1. The number of amides is 3. The molecule has 4 N–H and O–H groups in total. The minimum Gasteiger partial charge on any atom is -0.444 e. The Labute approximate surface area is 271 Å². The molecule has 2 fully saturated rings. The molecule has 2 aromatic carbocycles. The third-order valence-electron chi connectivity index (χ3n) is 8.80. The first-order valence-corrected chi connectivity index (χ1v) is 16.2. The fraction of sp³-hybridized carbons (Fsp3) is 0.459. The van der Waals surface area contributed by atoms with Crippen molar-refractivity contribution in [2.75, 3.05) is 5.32 Å². The van der Waals surface area contributed by atoms with E-state index in [1.54, 1.807) is 20.0 Å². The zero-order valence-electron chi connectivity index (χ0n) is 27.5. The predicted molar refractivity (Wildman–Crippen MR) is 179 cm³/mol. The summed E-state index contributed by atoms with van der Waals surface area (Å²) in [7, 11) is 0. The van der Waals surface area contributed by atoms with Gasteiger partial charge in [0.05, 0.1) is 28.7 Å². The first-order chi connectivity index (χ1) is 21.7. The average Bonchev–Trinajstić information content (AvgIpc) is 2.96. The summed E-state index contributed by atoms with van der Waals surface area (Å²) < 4.78 is 5.53. The average molecular weight is 627 g/mol. The highest BCUT2D eigenvalue weighted by Gasteiger charge is 2.53. The summed E-state index contributed by atoms with van der Waals surface area (Å²) in [4.78, 5) is 42.0. The Morgan fingerprint density at radius 1 is 0.957 bits per heavy atom. The van der Waals surface area contributed by atoms with Crippen LogP contribution < -0.4 is 16.0 Å². The number of alkyl carbamates (subject to hydrolysis) is 1. The van der Waals surface area contributed by atoms with Gasteiger partial charge in [-0.3, -0.25) is 14.6 Å². The second-order valence-electron chi connectivity index (χ2n) is 14.3. The van der Waals surface area contributed by atoms with E-state index in [-0.39, 0.29) is 23.8 Å². The summed E-state index contributed by atoms with van der Waals surface area (Å²) >= 11 is 0. The zero-order chi connectivity index (χ0) is 33.1. The van der Waals surface area contributed by atoms with Crippen LogP contribution in [0.15, 0.2) is 66.9 Å². The van der Waals surface area contributed by atoms with Crippen LogP contribution in [0.4, 0.5) is 10.5 Å². The Morgan fingerprint density at radius 2 is 1.61 bits per heavy atom. The summed E-state index contributed by atoms with van der Waals surface area (Å²) in [6, 6.07) is 20.0. The maximum absolute atomic E-state index is 13.0. The van der Waals surface area contributed by atoms with Crippen LogP contribution in [-0.2, 0) is 19.9 Å². The zero-order valence-corrected chi connectivity index (χ0v) is 27.5. The number of carbonyl (C=O) groups is 3. The summed E-state index contributed by atoms with van der Waals surface area (Å²) in [5, 5.41) is 19.7. The van der Waals surface area contributed by atoms with Crippen LogP contribution in [0.1, 0.15) is 85.1 Å². The Bertz CT molecular complexity index is 1550.